The van der Waals surface area contributed by atoms with Gasteiger partial charge in [0.05, 0.1) is 0 Å². The minimum atomic E-state index is 0.596. The fraction of sp³-hybridized carbons (Fsp3) is 0.250. The van der Waals surface area contributed by atoms with Gasteiger partial charge >= 0.3 is 0 Å². The van der Waals surface area contributed by atoms with E-state index in [1.807, 2.05) is 11.3 Å². The second-order valence-corrected chi connectivity index (χ2v) is 6.10. The number of fused-ring (bicyclic) bond motifs is 3. The fourth-order valence-corrected chi connectivity index (χ4v) is 3.33. The van der Waals surface area contributed by atoms with E-state index < -0.39 is 0 Å². The van der Waals surface area contributed by atoms with Crippen LogP contribution in [0.5, 0.6) is 0 Å². The second-order valence-electron chi connectivity index (χ2n) is 5.01. The van der Waals surface area contributed by atoms with Crippen LogP contribution < -0.4 is 0 Å². The maximum absolute atomic E-state index is 2.36. The van der Waals surface area contributed by atoms with Crippen molar-refractivity contribution in [2.45, 2.75) is 26.7 Å². The molecule has 0 spiro atoms. The quantitative estimate of drug-likeness (QED) is 0.528. The van der Waals surface area contributed by atoms with E-state index in [1.54, 1.807) is 0 Å². The molecule has 0 amide bonds. The first-order valence-corrected chi connectivity index (χ1v) is 6.89. The zero-order valence-corrected chi connectivity index (χ0v) is 11.3. The van der Waals surface area contributed by atoms with Crippen LogP contribution >= 0.6 is 11.3 Å². The third-order valence-corrected chi connectivity index (χ3v) is 4.47. The van der Waals surface area contributed by atoms with Gasteiger partial charge in [0.25, 0.3) is 0 Å². The molecule has 0 aliphatic rings. The third kappa shape index (κ3) is 1.75. The largest absolute Gasteiger partial charge is 0.135 e. The summed E-state index contributed by atoms with van der Waals surface area (Å²) in [5, 5.41) is 2.83. The molecule has 3 rings (SSSR count). The molecule has 0 saturated carbocycles. The fourth-order valence-electron chi connectivity index (χ4n) is 2.27. The molecular weight excluding hydrogens is 224 g/mol. The Morgan fingerprint density at radius 3 is 2.24 bits per heavy atom. The number of thiophene rings is 1. The summed E-state index contributed by atoms with van der Waals surface area (Å²) >= 11 is 1.89. The van der Waals surface area contributed by atoms with Crippen molar-refractivity contribution >= 4 is 31.5 Å². The molecule has 0 aliphatic heterocycles. The molecule has 86 valence electrons. The Bertz CT molecular complexity index is 689. The normalized spacial score (nSPS) is 11.8. The molecule has 0 saturated heterocycles. The minimum Gasteiger partial charge on any atom is -0.135 e. The lowest BCUT2D eigenvalue weighted by atomic mass is 10.0. The van der Waals surface area contributed by atoms with Crippen molar-refractivity contribution in [2.75, 3.05) is 0 Å². The Labute approximate surface area is 106 Å². The van der Waals surface area contributed by atoms with Gasteiger partial charge in [-0.2, -0.15) is 0 Å². The molecule has 0 fully saturated rings. The summed E-state index contributed by atoms with van der Waals surface area (Å²) in [5.74, 6) is 0.596. The summed E-state index contributed by atoms with van der Waals surface area (Å²) in [6.07, 6.45) is 0. The average Bonchev–Trinajstić information content (AvgIpc) is 2.66. The highest BCUT2D eigenvalue weighted by Gasteiger charge is 2.07. The molecule has 1 aromatic heterocycles. The van der Waals surface area contributed by atoms with E-state index in [9.17, 15) is 0 Å². The van der Waals surface area contributed by atoms with Crippen molar-refractivity contribution in [1.82, 2.24) is 0 Å². The summed E-state index contributed by atoms with van der Waals surface area (Å²) in [6, 6.07) is 13.6. The smallest absolute Gasteiger partial charge is 0.0355 e. The lowest BCUT2D eigenvalue weighted by Crippen LogP contribution is -1.85. The van der Waals surface area contributed by atoms with E-state index in [4.69, 9.17) is 0 Å². The summed E-state index contributed by atoms with van der Waals surface area (Å²) in [6.45, 7) is 6.66. The summed E-state index contributed by atoms with van der Waals surface area (Å²) in [4.78, 5) is 0. The first-order chi connectivity index (χ1) is 8.15. The summed E-state index contributed by atoms with van der Waals surface area (Å²) in [5.41, 5.74) is 2.77. The highest BCUT2D eigenvalue weighted by molar-refractivity contribution is 7.25. The molecule has 3 aromatic rings. The standard InChI is InChI=1S/C16H16S/c1-10(2)12-5-7-16-14(9-12)13-8-11(3)4-6-15(13)17-16/h4-10H,1-3H3. The van der Waals surface area contributed by atoms with Crippen LogP contribution in [0.1, 0.15) is 30.9 Å². The van der Waals surface area contributed by atoms with E-state index in [0.29, 0.717) is 5.92 Å². The average molecular weight is 240 g/mol. The van der Waals surface area contributed by atoms with Crippen LogP contribution in [-0.2, 0) is 0 Å². The lowest BCUT2D eigenvalue weighted by Gasteiger charge is -2.04. The van der Waals surface area contributed by atoms with Crippen molar-refractivity contribution in [1.29, 1.82) is 0 Å². The van der Waals surface area contributed by atoms with E-state index in [-0.39, 0.29) is 0 Å². The molecule has 0 radical (unpaired) electrons. The Hall–Kier alpha value is -1.34. The van der Waals surface area contributed by atoms with Crippen LogP contribution in [0.3, 0.4) is 0 Å². The topological polar surface area (TPSA) is 0 Å². The molecule has 0 N–H and O–H groups in total. The number of benzene rings is 2. The van der Waals surface area contributed by atoms with Gasteiger partial charge in [-0.1, -0.05) is 31.5 Å². The van der Waals surface area contributed by atoms with Crippen molar-refractivity contribution in [2.24, 2.45) is 0 Å². The van der Waals surface area contributed by atoms with Gasteiger partial charge in [0.2, 0.25) is 0 Å². The molecule has 1 heterocycles. The zero-order chi connectivity index (χ0) is 12.0. The summed E-state index contributed by atoms with van der Waals surface area (Å²) in [7, 11) is 0. The molecule has 0 atom stereocenters. The van der Waals surface area contributed by atoms with Crippen LogP contribution in [0, 0.1) is 6.92 Å². The van der Waals surface area contributed by atoms with Crippen LogP contribution in [0.4, 0.5) is 0 Å². The van der Waals surface area contributed by atoms with E-state index in [1.165, 1.54) is 31.3 Å². The Morgan fingerprint density at radius 1 is 0.882 bits per heavy atom. The molecule has 0 aliphatic carbocycles. The second kappa shape index (κ2) is 3.85. The number of aryl methyl sites for hydroxylation is 1. The molecule has 17 heavy (non-hydrogen) atoms. The number of hydrogen-bond acceptors (Lipinski definition) is 1. The van der Waals surface area contributed by atoms with Gasteiger partial charge in [-0.15, -0.1) is 11.3 Å². The molecule has 2 aromatic carbocycles. The highest BCUT2D eigenvalue weighted by atomic mass is 32.1. The van der Waals surface area contributed by atoms with E-state index >= 15 is 0 Å². The maximum Gasteiger partial charge on any atom is 0.0355 e. The molecule has 0 bridgehead atoms. The Kier molecular flexibility index (Phi) is 2.44. The van der Waals surface area contributed by atoms with Crippen LogP contribution in [-0.4, -0.2) is 0 Å². The molecule has 1 heteroatoms. The monoisotopic (exact) mass is 240 g/mol. The Morgan fingerprint density at radius 2 is 1.53 bits per heavy atom. The van der Waals surface area contributed by atoms with Crippen molar-refractivity contribution < 1.29 is 0 Å². The maximum atomic E-state index is 2.36. The van der Waals surface area contributed by atoms with Gasteiger partial charge in [-0.05, 0) is 42.7 Å². The van der Waals surface area contributed by atoms with Gasteiger partial charge in [0, 0.05) is 20.2 Å². The van der Waals surface area contributed by atoms with Gasteiger partial charge < -0.3 is 0 Å². The van der Waals surface area contributed by atoms with Gasteiger partial charge in [-0.3, -0.25) is 0 Å². The molecular formula is C16H16S. The molecule has 0 unspecified atom stereocenters. The SMILES string of the molecule is Cc1ccc2sc3ccc(C(C)C)cc3c2c1. The Balaban J connectivity index is 2.39. The molecule has 0 nitrogen and oxygen atoms in total. The summed E-state index contributed by atoms with van der Waals surface area (Å²) < 4.78 is 2.79. The highest BCUT2D eigenvalue weighted by Crippen LogP contribution is 2.35. The van der Waals surface area contributed by atoms with Crippen LogP contribution in [0.25, 0.3) is 20.2 Å². The van der Waals surface area contributed by atoms with Gasteiger partial charge in [0.1, 0.15) is 0 Å². The van der Waals surface area contributed by atoms with E-state index in [2.05, 4.69) is 57.2 Å². The lowest BCUT2D eigenvalue weighted by molar-refractivity contribution is 0.869. The van der Waals surface area contributed by atoms with Crippen LogP contribution in [0.15, 0.2) is 36.4 Å². The van der Waals surface area contributed by atoms with Gasteiger partial charge in [0.15, 0.2) is 0 Å². The van der Waals surface area contributed by atoms with E-state index in [0.717, 1.165) is 0 Å². The van der Waals surface area contributed by atoms with Crippen LogP contribution in [0.2, 0.25) is 0 Å². The third-order valence-electron chi connectivity index (χ3n) is 3.32. The zero-order valence-electron chi connectivity index (χ0n) is 10.4. The first kappa shape index (κ1) is 10.8. The first-order valence-electron chi connectivity index (χ1n) is 6.08. The van der Waals surface area contributed by atoms with Crippen molar-refractivity contribution in [3.63, 3.8) is 0 Å². The number of rotatable bonds is 1. The predicted molar refractivity (Wildman–Crippen MR) is 78.2 cm³/mol. The van der Waals surface area contributed by atoms with Crippen molar-refractivity contribution in [3.8, 4) is 0 Å². The predicted octanol–water partition coefficient (Wildman–Crippen LogP) is 5.49. The van der Waals surface area contributed by atoms with Crippen molar-refractivity contribution in [3.05, 3.63) is 47.5 Å². The minimum absolute atomic E-state index is 0.596. The van der Waals surface area contributed by atoms with Gasteiger partial charge in [-0.25, -0.2) is 0 Å². The number of hydrogen-bond donors (Lipinski definition) is 0.